The summed E-state index contributed by atoms with van der Waals surface area (Å²) < 4.78 is 0. The first kappa shape index (κ1) is 37.7. The number of carbonyl (C=O) groups excluding carboxylic acids is 4. The van der Waals surface area contributed by atoms with Crippen LogP contribution in [0.1, 0.15) is 42.0 Å². The monoisotopic (exact) mass is 708 g/mol. The third kappa shape index (κ3) is 11.3. The van der Waals surface area contributed by atoms with E-state index in [1.807, 2.05) is 0 Å². The number of aromatic nitrogens is 4. The molecule has 0 spiro atoms. The van der Waals surface area contributed by atoms with E-state index >= 15 is 0 Å². The summed E-state index contributed by atoms with van der Waals surface area (Å²) >= 11 is 0. The molecule has 4 rings (SSSR count). The molecule has 0 aliphatic carbocycles. The molecule has 0 aliphatic rings. The van der Waals surface area contributed by atoms with Gasteiger partial charge in [0.2, 0.25) is 0 Å². The Labute approximate surface area is 310 Å². The molecule has 0 aromatic carbocycles. The van der Waals surface area contributed by atoms with Gasteiger partial charge >= 0.3 is 101 Å². The number of rotatable bonds is 6. The number of aromatic carboxylic acids is 4. The fourth-order valence-electron chi connectivity index (χ4n) is 2.76. The Morgan fingerprint density at radius 1 is 0.475 bits per heavy atom. The molecule has 198 valence electrons. The molecule has 0 atom stereocenters. The molecule has 40 heavy (non-hydrogen) atoms. The molecular formula is C25H16EuKN4O9. The Bertz CT molecular complexity index is 1270. The summed E-state index contributed by atoms with van der Waals surface area (Å²) in [4.78, 5) is 57.9. The Morgan fingerprint density at radius 2 is 0.650 bits per heavy atom. The second kappa shape index (κ2) is 18.9. The van der Waals surface area contributed by atoms with E-state index in [0.29, 0.717) is 0 Å². The molecule has 15 heteroatoms. The van der Waals surface area contributed by atoms with Gasteiger partial charge in [-0.05, 0) is 48.5 Å². The average Bonchev–Trinajstić information content (AvgIpc) is 2.94. The zero-order valence-electron chi connectivity index (χ0n) is 20.8. The Hall–Kier alpha value is -2.34. The molecule has 0 saturated heterocycles. The van der Waals surface area contributed by atoms with Gasteiger partial charge in [-0.1, -0.05) is 24.3 Å². The smallest absolute Gasteiger partial charge is 0.543 e. The minimum absolute atomic E-state index is 0. The van der Waals surface area contributed by atoms with Gasteiger partial charge in [0.15, 0.2) is 0 Å². The van der Waals surface area contributed by atoms with Gasteiger partial charge in [-0.15, -0.1) is 0 Å². The Kier molecular flexibility index (Phi) is 17.8. The number of carboxylic acids is 4. The number of pyridine rings is 4. The van der Waals surface area contributed by atoms with Gasteiger partial charge in [0.05, 0.1) is 69.4 Å². The summed E-state index contributed by atoms with van der Waals surface area (Å²) in [7, 11) is 1.00. The van der Waals surface area contributed by atoms with E-state index < -0.39 is 23.9 Å². The van der Waals surface area contributed by atoms with Crippen molar-refractivity contribution in [2.45, 2.75) is 0 Å². The van der Waals surface area contributed by atoms with E-state index in [4.69, 9.17) is 5.11 Å². The maximum absolute atomic E-state index is 10.7. The molecular weight excluding hydrogens is 691 g/mol. The molecule has 0 bridgehead atoms. The number of aliphatic hydroxyl groups excluding tert-OH is 1. The maximum Gasteiger partial charge on any atom is 3.00 e. The topological polar surface area (TPSA) is 232 Å². The number of carboxylic acid groups (broad SMARTS) is 4. The first-order valence-electron chi connectivity index (χ1n) is 10.3. The third-order valence-electron chi connectivity index (χ3n) is 4.36. The first-order chi connectivity index (χ1) is 18.2. The molecule has 4 heterocycles. The minimum atomic E-state index is -1.41. The van der Waals surface area contributed by atoms with Gasteiger partial charge in [0.25, 0.3) is 0 Å². The van der Waals surface area contributed by atoms with Gasteiger partial charge in [-0.25, -0.2) is 19.9 Å². The average molecular weight is 707 g/mol. The first-order valence-corrected chi connectivity index (χ1v) is 10.3. The van der Waals surface area contributed by atoms with Crippen molar-refractivity contribution in [3.63, 3.8) is 0 Å². The quantitative estimate of drug-likeness (QED) is 0.184. The van der Waals surface area contributed by atoms with Gasteiger partial charge in [0, 0.05) is 7.11 Å². The van der Waals surface area contributed by atoms with Crippen molar-refractivity contribution in [2.24, 2.45) is 0 Å². The second-order valence-electron chi connectivity index (χ2n) is 6.78. The predicted octanol–water partition coefficient (Wildman–Crippen LogP) is -5.65. The second-order valence-corrected chi connectivity index (χ2v) is 6.78. The van der Waals surface area contributed by atoms with Crippen LogP contribution in [-0.4, -0.2) is 56.0 Å². The summed E-state index contributed by atoms with van der Waals surface area (Å²) in [5.74, 6) is -5.64. The van der Waals surface area contributed by atoms with E-state index in [9.17, 15) is 39.6 Å². The van der Waals surface area contributed by atoms with Crippen LogP contribution in [-0.2, 0) is 0 Å². The summed E-state index contributed by atoms with van der Waals surface area (Å²) in [5, 5.41) is 49.6. The molecule has 1 N–H and O–H groups in total. The summed E-state index contributed by atoms with van der Waals surface area (Å²) in [6.45, 7) is 0. The van der Waals surface area contributed by atoms with Crippen molar-refractivity contribution in [1.82, 2.24) is 19.9 Å². The molecule has 13 nitrogen and oxygen atoms in total. The number of hydrogen-bond acceptors (Lipinski definition) is 13. The molecule has 0 saturated carbocycles. The largest absolute Gasteiger partial charge is 3.00 e. The van der Waals surface area contributed by atoms with Crippen LogP contribution < -0.4 is 71.8 Å². The molecule has 0 aliphatic heterocycles. The number of hydrogen-bond donors (Lipinski definition) is 1. The van der Waals surface area contributed by atoms with Crippen LogP contribution in [0, 0.1) is 49.4 Å². The van der Waals surface area contributed by atoms with Crippen LogP contribution in [0.3, 0.4) is 0 Å². The summed E-state index contributed by atoms with van der Waals surface area (Å²) in [6, 6.07) is 17.1. The molecule has 0 amide bonds. The molecule has 0 unspecified atom stereocenters. The SMILES string of the molecule is CO.O=C([O-])c1cccc(-c2cccc(C(=O)[O-])n2)n1.O=C([O-])c1cccc(-c2cccc(C(=O)[O-])n2)n1.[Eu+3].[K+]. The standard InChI is InChI=1S/2C12H8N2O4.CH4O.Eu.K/c2*15-11(16)9-5-1-3-7(13-9)8-4-2-6-10(14-8)12(17)18;1-2;;/h2*1-6H,(H,15,16)(H,17,18);2H,1H3;;/q;;;+3;+1/p-4. The van der Waals surface area contributed by atoms with Crippen LogP contribution in [0.15, 0.2) is 72.8 Å². The summed E-state index contributed by atoms with van der Waals surface area (Å²) in [5.41, 5.74) is 0.0295. The molecule has 4 aromatic heterocycles. The molecule has 0 radical (unpaired) electrons. The van der Waals surface area contributed by atoms with Crippen molar-refractivity contribution in [2.75, 3.05) is 7.11 Å². The van der Waals surface area contributed by atoms with Gasteiger partial charge in [-0.3, -0.25) is 0 Å². The third-order valence-corrected chi connectivity index (χ3v) is 4.36. The molecule has 4 aromatic rings. The maximum atomic E-state index is 10.7. The predicted molar refractivity (Wildman–Crippen MR) is 120 cm³/mol. The van der Waals surface area contributed by atoms with E-state index in [2.05, 4.69) is 19.9 Å². The van der Waals surface area contributed by atoms with Crippen molar-refractivity contribution in [3.8, 4) is 22.8 Å². The van der Waals surface area contributed by atoms with Crippen LogP contribution in [0.4, 0.5) is 0 Å². The van der Waals surface area contributed by atoms with Gasteiger partial charge in [0.1, 0.15) is 0 Å². The Balaban J connectivity index is 0.000000684. The van der Waals surface area contributed by atoms with Gasteiger partial charge < -0.3 is 44.7 Å². The van der Waals surface area contributed by atoms with E-state index in [1.54, 1.807) is 0 Å². The fourth-order valence-corrected chi connectivity index (χ4v) is 2.76. The van der Waals surface area contributed by atoms with Crippen LogP contribution in [0.25, 0.3) is 22.8 Å². The van der Waals surface area contributed by atoms with Crippen molar-refractivity contribution < 1.29 is 145 Å². The number of aliphatic hydroxyl groups is 1. The van der Waals surface area contributed by atoms with Crippen LogP contribution >= 0.6 is 0 Å². The number of carbonyl (C=O) groups is 4. The van der Waals surface area contributed by atoms with Crippen LogP contribution in [0.5, 0.6) is 0 Å². The zero-order chi connectivity index (χ0) is 28.2. The van der Waals surface area contributed by atoms with Crippen molar-refractivity contribution in [1.29, 1.82) is 0 Å². The van der Waals surface area contributed by atoms with E-state index in [0.717, 1.165) is 7.11 Å². The zero-order valence-corrected chi connectivity index (χ0v) is 26.4. The van der Waals surface area contributed by atoms with Crippen molar-refractivity contribution >= 4 is 23.9 Å². The van der Waals surface area contributed by atoms with Crippen LogP contribution in [0.2, 0.25) is 0 Å². The Morgan fingerprint density at radius 3 is 0.800 bits per heavy atom. The normalized spacial score (nSPS) is 9.15. The van der Waals surface area contributed by atoms with E-state index in [-0.39, 0.29) is 146 Å². The molecule has 0 fully saturated rings. The fraction of sp³-hybridized carbons (Fsp3) is 0.0400. The number of nitrogens with zero attached hydrogens (tertiary/aromatic N) is 4. The minimum Gasteiger partial charge on any atom is -0.543 e. The van der Waals surface area contributed by atoms with Crippen molar-refractivity contribution in [3.05, 3.63) is 95.6 Å². The van der Waals surface area contributed by atoms with Gasteiger partial charge in [-0.2, -0.15) is 0 Å². The van der Waals surface area contributed by atoms with E-state index in [1.165, 1.54) is 72.8 Å². The summed E-state index contributed by atoms with van der Waals surface area (Å²) in [6.07, 6.45) is 0.